The third-order valence-corrected chi connectivity index (χ3v) is 4.64. The van der Waals surface area contributed by atoms with Crippen LogP contribution >= 0.6 is 23.2 Å². The van der Waals surface area contributed by atoms with E-state index < -0.39 is 0 Å². The zero-order valence-corrected chi connectivity index (χ0v) is 13.3. The Morgan fingerprint density at radius 3 is 2.79 bits per heavy atom. The molecule has 0 saturated carbocycles. The minimum absolute atomic E-state index is 0.610. The predicted molar refractivity (Wildman–Crippen MR) is 81.1 cm³/mol. The van der Waals surface area contributed by atoms with Crippen molar-refractivity contribution in [2.75, 3.05) is 12.4 Å². The Kier molecular flexibility index (Phi) is 5.55. The van der Waals surface area contributed by atoms with Gasteiger partial charge in [0.05, 0.1) is 16.4 Å². The molecule has 0 spiro atoms. The van der Waals surface area contributed by atoms with Gasteiger partial charge in [-0.3, -0.25) is 9.58 Å². The first-order valence-corrected chi connectivity index (χ1v) is 8.16. The third-order valence-electron chi connectivity index (χ3n) is 3.99. The van der Waals surface area contributed by atoms with Crippen molar-refractivity contribution in [2.24, 2.45) is 0 Å². The fourth-order valence-corrected chi connectivity index (χ4v) is 3.50. The fourth-order valence-electron chi connectivity index (χ4n) is 2.92. The molecule has 1 unspecified atom stereocenters. The number of hydrogen-bond acceptors (Lipinski definition) is 2. The average Bonchev–Trinajstić information content (AvgIpc) is 2.97. The second-order valence-corrected chi connectivity index (χ2v) is 5.88. The first-order chi connectivity index (χ1) is 9.21. The van der Waals surface area contributed by atoms with Crippen LogP contribution in [0.25, 0.3) is 0 Å². The normalized spacial score (nSPS) is 20.3. The lowest BCUT2D eigenvalue weighted by Crippen LogP contribution is -2.30. The number of aromatic nitrogens is 2. The standard InChI is InChI=1S/C14H23Cl2N3/c1-3-12-14(16)13(19(4-2)17-12)10-18-9-5-6-11(18)7-8-15/h11H,3-10H2,1-2H3. The Labute approximate surface area is 125 Å². The Hall–Kier alpha value is -0.250. The summed E-state index contributed by atoms with van der Waals surface area (Å²) in [5.74, 6) is 0.738. The van der Waals surface area contributed by atoms with Crippen LogP contribution in [-0.2, 0) is 19.5 Å². The molecular formula is C14H23Cl2N3. The van der Waals surface area contributed by atoms with Gasteiger partial charge < -0.3 is 0 Å². The van der Waals surface area contributed by atoms with Gasteiger partial charge >= 0.3 is 0 Å². The van der Waals surface area contributed by atoms with Gasteiger partial charge in [0.15, 0.2) is 0 Å². The highest BCUT2D eigenvalue weighted by Crippen LogP contribution is 2.27. The van der Waals surface area contributed by atoms with Gasteiger partial charge in [0.2, 0.25) is 0 Å². The van der Waals surface area contributed by atoms with Gasteiger partial charge in [-0.15, -0.1) is 11.6 Å². The molecule has 0 amide bonds. The summed E-state index contributed by atoms with van der Waals surface area (Å²) in [7, 11) is 0. The highest BCUT2D eigenvalue weighted by molar-refractivity contribution is 6.31. The van der Waals surface area contributed by atoms with E-state index in [-0.39, 0.29) is 0 Å². The van der Waals surface area contributed by atoms with Crippen LogP contribution in [0.4, 0.5) is 0 Å². The largest absolute Gasteiger partial charge is 0.294 e. The van der Waals surface area contributed by atoms with E-state index in [0.717, 1.165) is 49.1 Å². The van der Waals surface area contributed by atoms with E-state index in [1.54, 1.807) is 0 Å². The number of alkyl halides is 1. The summed E-state index contributed by atoms with van der Waals surface area (Å²) in [5, 5.41) is 5.45. The first-order valence-electron chi connectivity index (χ1n) is 7.25. The molecule has 0 N–H and O–H groups in total. The maximum Gasteiger partial charge on any atom is 0.0863 e. The Balaban J connectivity index is 2.15. The van der Waals surface area contributed by atoms with Crippen molar-refractivity contribution in [1.82, 2.24) is 14.7 Å². The lowest BCUT2D eigenvalue weighted by molar-refractivity contribution is 0.234. The molecular weight excluding hydrogens is 281 g/mol. The van der Waals surface area contributed by atoms with Crippen molar-refractivity contribution in [3.05, 3.63) is 16.4 Å². The topological polar surface area (TPSA) is 21.1 Å². The molecule has 2 heterocycles. The number of hydrogen-bond donors (Lipinski definition) is 0. The summed E-state index contributed by atoms with van der Waals surface area (Å²) < 4.78 is 2.05. The Morgan fingerprint density at radius 1 is 1.37 bits per heavy atom. The van der Waals surface area contributed by atoms with Crippen molar-refractivity contribution in [3.8, 4) is 0 Å². The highest BCUT2D eigenvalue weighted by atomic mass is 35.5. The van der Waals surface area contributed by atoms with E-state index in [4.69, 9.17) is 23.2 Å². The van der Waals surface area contributed by atoms with E-state index in [9.17, 15) is 0 Å². The molecule has 1 aliphatic rings. The molecule has 1 aromatic heterocycles. The summed E-state index contributed by atoms with van der Waals surface area (Å²) >= 11 is 12.4. The van der Waals surface area contributed by atoms with E-state index in [1.807, 2.05) is 0 Å². The monoisotopic (exact) mass is 303 g/mol. The molecule has 1 saturated heterocycles. The first kappa shape index (κ1) is 15.1. The van der Waals surface area contributed by atoms with Crippen LogP contribution in [0.2, 0.25) is 5.02 Å². The second-order valence-electron chi connectivity index (χ2n) is 5.12. The molecule has 3 nitrogen and oxygen atoms in total. The van der Waals surface area contributed by atoms with Crippen molar-refractivity contribution < 1.29 is 0 Å². The maximum atomic E-state index is 6.48. The zero-order chi connectivity index (χ0) is 13.8. The van der Waals surface area contributed by atoms with Gasteiger partial charge in [0, 0.05) is 25.0 Å². The van der Waals surface area contributed by atoms with Crippen LogP contribution < -0.4 is 0 Å². The van der Waals surface area contributed by atoms with Crippen LogP contribution in [0.3, 0.4) is 0 Å². The van der Waals surface area contributed by atoms with Gasteiger partial charge in [-0.1, -0.05) is 18.5 Å². The van der Waals surface area contributed by atoms with Crippen LogP contribution in [0.15, 0.2) is 0 Å². The smallest absolute Gasteiger partial charge is 0.0863 e. The molecule has 19 heavy (non-hydrogen) atoms. The average molecular weight is 304 g/mol. The van der Waals surface area contributed by atoms with Crippen LogP contribution in [-0.4, -0.2) is 33.1 Å². The maximum absolute atomic E-state index is 6.48. The predicted octanol–water partition coefficient (Wildman–Crippen LogP) is 3.71. The summed E-state index contributed by atoms with van der Waals surface area (Å²) in [6.07, 6.45) is 4.48. The van der Waals surface area contributed by atoms with Gasteiger partial charge in [-0.2, -0.15) is 5.10 Å². The van der Waals surface area contributed by atoms with Crippen LogP contribution in [0, 0.1) is 0 Å². The van der Waals surface area contributed by atoms with E-state index in [1.165, 1.54) is 18.5 Å². The second kappa shape index (κ2) is 6.96. The molecule has 0 radical (unpaired) electrons. The van der Waals surface area contributed by atoms with Gasteiger partial charge in [0.25, 0.3) is 0 Å². The summed E-state index contributed by atoms with van der Waals surface area (Å²) in [6.45, 7) is 7.15. The van der Waals surface area contributed by atoms with Gasteiger partial charge in [-0.05, 0) is 39.2 Å². The summed E-state index contributed by atoms with van der Waals surface area (Å²) in [6, 6.07) is 0.610. The molecule has 1 atom stereocenters. The Morgan fingerprint density at radius 2 is 2.16 bits per heavy atom. The van der Waals surface area contributed by atoms with E-state index >= 15 is 0 Å². The molecule has 0 aromatic carbocycles. The molecule has 1 fully saturated rings. The van der Waals surface area contributed by atoms with E-state index in [0.29, 0.717) is 6.04 Å². The molecule has 108 valence electrons. The molecule has 1 aromatic rings. The minimum atomic E-state index is 0.610. The van der Waals surface area contributed by atoms with Crippen molar-refractivity contribution >= 4 is 23.2 Å². The van der Waals surface area contributed by atoms with Gasteiger partial charge in [-0.25, -0.2) is 0 Å². The number of nitrogens with zero attached hydrogens (tertiary/aromatic N) is 3. The van der Waals surface area contributed by atoms with E-state index in [2.05, 4.69) is 28.5 Å². The lowest BCUT2D eigenvalue weighted by atomic mass is 10.1. The number of rotatable bonds is 6. The minimum Gasteiger partial charge on any atom is -0.294 e. The number of likely N-dealkylation sites (tertiary alicyclic amines) is 1. The Bertz CT molecular complexity index is 417. The molecule has 0 bridgehead atoms. The quantitative estimate of drug-likeness (QED) is 0.747. The van der Waals surface area contributed by atoms with Crippen molar-refractivity contribution in [3.63, 3.8) is 0 Å². The van der Waals surface area contributed by atoms with Crippen LogP contribution in [0.5, 0.6) is 0 Å². The van der Waals surface area contributed by atoms with Gasteiger partial charge in [0.1, 0.15) is 0 Å². The molecule has 1 aliphatic heterocycles. The third kappa shape index (κ3) is 3.26. The lowest BCUT2D eigenvalue weighted by Gasteiger charge is -2.24. The summed E-state index contributed by atoms with van der Waals surface area (Å²) in [5.41, 5.74) is 2.19. The molecule has 5 heteroatoms. The zero-order valence-electron chi connectivity index (χ0n) is 11.8. The fraction of sp³-hybridized carbons (Fsp3) is 0.786. The van der Waals surface area contributed by atoms with Crippen molar-refractivity contribution in [2.45, 2.75) is 58.7 Å². The summed E-state index contributed by atoms with van der Waals surface area (Å²) in [4.78, 5) is 2.51. The SMILES string of the molecule is CCc1nn(CC)c(CN2CCCC2CCCl)c1Cl. The number of aryl methyl sites for hydroxylation is 2. The molecule has 0 aliphatic carbocycles. The van der Waals surface area contributed by atoms with Crippen LogP contribution in [0.1, 0.15) is 44.5 Å². The number of halogens is 2. The molecule has 2 rings (SSSR count). The van der Waals surface area contributed by atoms with Crippen molar-refractivity contribution in [1.29, 1.82) is 0 Å². The highest BCUT2D eigenvalue weighted by Gasteiger charge is 2.26.